The zero-order valence-electron chi connectivity index (χ0n) is 1.19. The Morgan fingerprint density at radius 2 is 1.00 bits per heavy atom. The molecule has 0 aromatic rings. The summed E-state index contributed by atoms with van der Waals surface area (Å²) in [7, 11) is 0. The molecule has 29 valence electrons. The molecule has 0 aliphatic rings. The van der Waals surface area contributed by atoms with E-state index in [1.807, 2.05) is 0 Å². The summed E-state index contributed by atoms with van der Waals surface area (Å²) in [5.41, 5.74) is 0. The molecule has 0 spiro atoms. The zero-order chi connectivity index (χ0) is 0. The third-order valence-electron chi connectivity index (χ3n) is 0. The molecule has 4 heavy (non-hydrogen) atoms. The molecule has 0 saturated carbocycles. The zero-order valence-corrected chi connectivity index (χ0v) is 3.36. The summed E-state index contributed by atoms with van der Waals surface area (Å²) in [6.45, 7) is 0. The third-order valence-corrected chi connectivity index (χ3v) is 0. The van der Waals surface area contributed by atoms with Crippen LogP contribution in [0.3, 0.4) is 0 Å². The van der Waals surface area contributed by atoms with E-state index in [1.165, 1.54) is 0 Å². The predicted molar refractivity (Wildman–Crippen MR) is 12.2 cm³/mol. The average molecular weight is 158 g/mol. The van der Waals surface area contributed by atoms with Gasteiger partial charge in [0.1, 0.15) is 0 Å². The fourth-order valence-electron chi connectivity index (χ4n) is 0. The first-order valence-electron chi connectivity index (χ1n) is 0. The van der Waals surface area contributed by atoms with Crippen LogP contribution in [0.5, 0.6) is 0 Å². The van der Waals surface area contributed by atoms with E-state index < -0.39 is 0 Å². The van der Waals surface area contributed by atoms with Crippen LogP contribution in [-0.4, -0.2) is 28.5 Å². The largest absolute Gasteiger partial charge is 0.412 e. The van der Waals surface area contributed by atoms with Crippen LogP contribution in [-0.2, 0) is 33.6 Å². The van der Waals surface area contributed by atoms with Gasteiger partial charge in [0.25, 0.3) is 0 Å². The van der Waals surface area contributed by atoms with E-state index in [1.54, 1.807) is 0 Å². The summed E-state index contributed by atoms with van der Waals surface area (Å²) in [5, 5.41) is 0. The molecule has 0 unspecified atom stereocenters. The van der Waals surface area contributed by atoms with Gasteiger partial charge in [0, 0.05) is 33.6 Å². The van der Waals surface area contributed by atoms with E-state index in [4.69, 9.17) is 0 Å². The third kappa shape index (κ3) is 9.28. The normalized spacial score (nSPS) is 0. The van der Waals surface area contributed by atoms with Crippen molar-refractivity contribution in [3.8, 4) is 0 Å². The first-order valence-corrected chi connectivity index (χ1v) is 0. The smallest absolute Gasteiger partial charge is 0.316 e. The van der Waals surface area contributed by atoms with Gasteiger partial charge in [-0.3, -0.25) is 0 Å². The maximum Gasteiger partial charge on any atom is 0.316 e. The molecule has 0 saturated heterocycles. The fourth-order valence-corrected chi connectivity index (χ4v) is 0. The maximum absolute atomic E-state index is 0. The topological polar surface area (TPSA) is 31.5 Å². The second kappa shape index (κ2) is 21.9. The molecule has 2 N–H and O–H groups in total. The van der Waals surface area contributed by atoms with Crippen molar-refractivity contribution < 1.29 is 39.0 Å². The summed E-state index contributed by atoms with van der Waals surface area (Å²) in [4.78, 5) is 0. The first kappa shape index (κ1) is 42.6. The van der Waals surface area contributed by atoms with Crippen LogP contribution in [0.2, 0.25) is 0 Å². The molecule has 0 aliphatic carbocycles. The molecule has 0 heterocycles. The Morgan fingerprint density at radius 1 is 1.00 bits per heavy atom. The summed E-state index contributed by atoms with van der Waals surface area (Å²) in [6.07, 6.45) is 0. The van der Waals surface area contributed by atoms with Gasteiger partial charge in [-0.25, -0.2) is 0 Å². The van der Waals surface area contributed by atoms with Gasteiger partial charge >= 0.3 is 23.1 Å². The maximum atomic E-state index is 0. The Hall–Kier alpha value is 1.74. The molecule has 1 nitrogen and oxygen atoms in total. The monoisotopic (exact) mass is 157 g/mol. The fraction of sp³-hybridized carbons (Fsp3) is 0. The van der Waals surface area contributed by atoms with Crippen molar-refractivity contribution in [3.63, 3.8) is 0 Å². The minimum Gasteiger partial charge on any atom is -0.412 e. The minimum atomic E-state index is 0. The number of hydrogen-bond acceptors (Lipinski definition) is 0. The number of rotatable bonds is 0. The Morgan fingerprint density at radius 3 is 1.00 bits per heavy atom. The molecule has 0 aromatic carbocycles. The Kier molecular flexibility index (Phi) is 233. The van der Waals surface area contributed by atoms with Crippen molar-refractivity contribution >= 4 is 23.1 Å². The molecule has 0 fully saturated rings. The van der Waals surface area contributed by atoms with Gasteiger partial charge < -0.3 is 5.48 Å². The van der Waals surface area contributed by atoms with Gasteiger partial charge in [-0.15, -0.1) is 0 Å². The average Bonchev–Trinajstić information content (AvgIpc) is 0. The van der Waals surface area contributed by atoms with Gasteiger partial charge in [-0.05, 0) is 0 Å². The predicted octanol–water partition coefficient (Wildman–Crippen LogP) is -1.75. The molecular weight excluding hydrogens is 154 g/mol. The Labute approximate surface area is 61.8 Å². The van der Waals surface area contributed by atoms with E-state index in [0.717, 1.165) is 0 Å². The SMILES string of the molecule is O.[MgH2].[Mn].[Ni]. The van der Waals surface area contributed by atoms with Crippen molar-refractivity contribution in [1.29, 1.82) is 0 Å². The van der Waals surface area contributed by atoms with Gasteiger partial charge in [0.15, 0.2) is 0 Å². The molecule has 1 radical (unpaired) electrons. The van der Waals surface area contributed by atoms with Crippen molar-refractivity contribution in [2.45, 2.75) is 0 Å². The van der Waals surface area contributed by atoms with Crippen LogP contribution in [0.25, 0.3) is 0 Å². The Bertz CT molecular complexity index is 8.00. The summed E-state index contributed by atoms with van der Waals surface area (Å²) in [6, 6.07) is 0. The van der Waals surface area contributed by atoms with Crippen LogP contribution in [0.4, 0.5) is 0 Å². The second-order valence-electron chi connectivity index (χ2n) is 0. The summed E-state index contributed by atoms with van der Waals surface area (Å²) in [5.74, 6) is 0. The summed E-state index contributed by atoms with van der Waals surface area (Å²) >= 11 is 0. The van der Waals surface area contributed by atoms with E-state index >= 15 is 0 Å². The Balaban J connectivity index is 0. The van der Waals surface area contributed by atoms with E-state index in [0.29, 0.717) is 0 Å². The summed E-state index contributed by atoms with van der Waals surface area (Å²) < 4.78 is 0. The van der Waals surface area contributed by atoms with Crippen molar-refractivity contribution in [1.82, 2.24) is 0 Å². The van der Waals surface area contributed by atoms with Crippen LogP contribution >= 0.6 is 0 Å². The van der Waals surface area contributed by atoms with E-state index in [2.05, 4.69) is 0 Å². The second-order valence-corrected chi connectivity index (χ2v) is 0. The van der Waals surface area contributed by atoms with Gasteiger partial charge in [0.2, 0.25) is 0 Å². The molecule has 0 aromatic heterocycles. The molecule has 4 heteroatoms. The standard InChI is InChI=1S/Mg.Mn.Ni.H2O.2H/h;;;1H2;;. The number of hydrogen-bond donors (Lipinski definition) is 0. The molecule has 0 atom stereocenters. The van der Waals surface area contributed by atoms with Crippen molar-refractivity contribution in [2.24, 2.45) is 0 Å². The van der Waals surface area contributed by atoms with Crippen LogP contribution in [0.1, 0.15) is 0 Å². The van der Waals surface area contributed by atoms with Crippen molar-refractivity contribution in [3.05, 3.63) is 0 Å². The molecule has 0 rings (SSSR count). The molecule has 0 bridgehead atoms. The van der Waals surface area contributed by atoms with Gasteiger partial charge in [-0.1, -0.05) is 0 Å². The van der Waals surface area contributed by atoms with E-state index in [9.17, 15) is 0 Å². The van der Waals surface area contributed by atoms with Crippen molar-refractivity contribution in [2.75, 3.05) is 0 Å². The van der Waals surface area contributed by atoms with Crippen LogP contribution in [0, 0.1) is 0 Å². The van der Waals surface area contributed by atoms with Gasteiger partial charge in [-0.2, -0.15) is 0 Å². The van der Waals surface area contributed by atoms with E-state index in [-0.39, 0.29) is 62.1 Å². The van der Waals surface area contributed by atoms with Crippen LogP contribution in [0.15, 0.2) is 0 Å². The van der Waals surface area contributed by atoms with Gasteiger partial charge in [0.05, 0.1) is 0 Å². The molecule has 0 amide bonds. The molecule has 0 aliphatic heterocycles. The molecular formula is H4MgMnNiO. The quantitative estimate of drug-likeness (QED) is 0.374. The van der Waals surface area contributed by atoms with Crippen LogP contribution < -0.4 is 0 Å². The minimum absolute atomic E-state index is 0. The first-order chi connectivity index (χ1) is 0.